The maximum absolute atomic E-state index is 12.1. The number of ether oxygens (including phenoxy) is 1. The van der Waals surface area contributed by atoms with Crippen LogP contribution in [0.4, 0.5) is 0 Å². The highest BCUT2D eigenvalue weighted by Gasteiger charge is 2.11. The predicted molar refractivity (Wildman–Crippen MR) is 129 cm³/mol. The van der Waals surface area contributed by atoms with E-state index in [2.05, 4.69) is 28.1 Å². The number of para-hydroxylation sites is 2. The first-order valence-electron chi connectivity index (χ1n) is 10.8. The number of fused-ring (bicyclic) bond motifs is 1. The summed E-state index contributed by atoms with van der Waals surface area (Å²) in [7, 11) is 1.67. The first-order chi connectivity index (χ1) is 15.7. The van der Waals surface area contributed by atoms with Gasteiger partial charge < -0.3 is 14.6 Å². The minimum absolute atomic E-state index is 0.0828. The van der Waals surface area contributed by atoms with Crippen molar-refractivity contribution in [2.24, 2.45) is 0 Å². The van der Waals surface area contributed by atoms with E-state index in [1.165, 1.54) is 5.56 Å². The third-order valence-corrected chi connectivity index (χ3v) is 5.34. The molecule has 5 nitrogen and oxygen atoms in total. The molecule has 162 valence electrons. The summed E-state index contributed by atoms with van der Waals surface area (Å²) >= 11 is 0. The van der Waals surface area contributed by atoms with Crippen LogP contribution in [0.15, 0.2) is 84.9 Å². The second-order valence-corrected chi connectivity index (χ2v) is 7.59. The van der Waals surface area contributed by atoms with Gasteiger partial charge in [-0.25, -0.2) is 4.98 Å². The molecule has 0 aliphatic carbocycles. The number of nitrogens with zero attached hydrogens (tertiary/aromatic N) is 2. The molecule has 1 aromatic heterocycles. The molecule has 0 unspecified atom stereocenters. The van der Waals surface area contributed by atoms with Crippen LogP contribution < -0.4 is 10.1 Å². The molecule has 3 aromatic carbocycles. The second-order valence-electron chi connectivity index (χ2n) is 7.59. The highest BCUT2D eigenvalue weighted by Crippen LogP contribution is 2.20. The number of hydrogen-bond acceptors (Lipinski definition) is 3. The van der Waals surface area contributed by atoms with Crippen molar-refractivity contribution in [3.8, 4) is 5.75 Å². The molecule has 1 amide bonds. The Morgan fingerprint density at radius 3 is 2.53 bits per heavy atom. The Morgan fingerprint density at radius 1 is 1.00 bits per heavy atom. The molecule has 4 rings (SSSR count). The van der Waals surface area contributed by atoms with Gasteiger partial charge in [-0.2, -0.15) is 0 Å². The van der Waals surface area contributed by atoms with E-state index in [1.807, 2.05) is 66.7 Å². The summed E-state index contributed by atoms with van der Waals surface area (Å²) in [5, 5.41) is 2.96. The van der Waals surface area contributed by atoms with Crippen molar-refractivity contribution in [1.29, 1.82) is 0 Å². The van der Waals surface area contributed by atoms with Crippen LogP contribution in [0.3, 0.4) is 0 Å². The Balaban J connectivity index is 1.38. The number of methoxy groups -OCH3 is 1. The van der Waals surface area contributed by atoms with Gasteiger partial charge in [0.05, 0.1) is 18.1 Å². The van der Waals surface area contributed by atoms with Crippen LogP contribution in [0, 0.1) is 0 Å². The van der Waals surface area contributed by atoms with Gasteiger partial charge in [-0.05, 0) is 47.9 Å². The van der Waals surface area contributed by atoms with Crippen molar-refractivity contribution < 1.29 is 9.53 Å². The van der Waals surface area contributed by atoms with E-state index >= 15 is 0 Å². The number of nitrogens with one attached hydrogen (secondary N) is 1. The number of aryl methyl sites for hydroxylation is 1. The van der Waals surface area contributed by atoms with Gasteiger partial charge in [0.25, 0.3) is 0 Å². The number of carbonyl (C=O) groups excluding carboxylic acids is 1. The normalized spacial score (nSPS) is 11.2. The van der Waals surface area contributed by atoms with Crippen LogP contribution in [0.5, 0.6) is 5.75 Å². The Labute approximate surface area is 188 Å². The molecule has 0 saturated heterocycles. The predicted octanol–water partition coefficient (Wildman–Crippen LogP) is 4.86. The Bertz CT molecular complexity index is 1190. The van der Waals surface area contributed by atoms with Crippen LogP contribution in [0.25, 0.3) is 17.1 Å². The Hall–Kier alpha value is -3.86. The standard InChI is InChI=1S/C27H27N3O2/c1-32-23-16-13-22(14-17-23)20-30-25-11-6-5-10-24(25)29-26(30)12-7-19-28-27(31)18-15-21-8-3-2-4-9-21/h2-6,8-11,13-18H,7,12,19-20H2,1H3,(H,28,31)/b18-15-. The summed E-state index contributed by atoms with van der Waals surface area (Å²) in [6.07, 6.45) is 5.00. The van der Waals surface area contributed by atoms with Crippen molar-refractivity contribution in [1.82, 2.24) is 14.9 Å². The SMILES string of the molecule is COc1ccc(Cn2c(CCCNC(=O)/C=C\c3ccccc3)nc3ccccc32)cc1. The molecule has 32 heavy (non-hydrogen) atoms. The van der Waals surface area contributed by atoms with Gasteiger partial charge in [-0.1, -0.05) is 54.6 Å². The van der Waals surface area contributed by atoms with E-state index in [9.17, 15) is 4.79 Å². The van der Waals surface area contributed by atoms with Gasteiger partial charge in [-0.15, -0.1) is 0 Å². The summed E-state index contributed by atoms with van der Waals surface area (Å²) in [5.74, 6) is 1.79. The number of aromatic nitrogens is 2. The number of benzene rings is 3. The van der Waals surface area contributed by atoms with Crippen LogP contribution in [-0.4, -0.2) is 29.1 Å². The lowest BCUT2D eigenvalue weighted by Crippen LogP contribution is -2.22. The molecule has 0 bridgehead atoms. The van der Waals surface area contributed by atoms with E-state index in [0.29, 0.717) is 6.54 Å². The lowest BCUT2D eigenvalue weighted by Gasteiger charge is -2.10. The van der Waals surface area contributed by atoms with Crippen molar-refractivity contribution in [2.45, 2.75) is 19.4 Å². The lowest BCUT2D eigenvalue weighted by molar-refractivity contribution is -0.116. The first kappa shape index (κ1) is 21.4. The third kappa shape index (κ3) is 5.43. The number of imidazole rings is 1. The minimum atomic E-state index is -0.0828. The molecule has 1 heterocycles. The Kier molecular flexibility index (Phi) is 6.98. The van der Waals surface area contributed by atoms with Crippen molar-refractivity contribution in [3.63, 3.8) is 0 Å². The lowest BCUT2D eigenvalue weighted by atomic mass is 10.2. The first-order valence-corrected chi connectivity index (χ1v) is 10.8. The van der Waals surface area contributed by atoms with Gasteiger partial charge in [-0.3, -0.25) is 4.79 Å². The van der Waals surface area contributed by atoms with E-state index in [4.69, 9.17) is 9.72 Å². The molecule has 0 radical (unpaired) electrons. The molecular weight excluding hydrogens is 398 g/mol. The second kappa shape index (κ2) is 10.4. The molecule has 0 aliphatic heterocycles. The van der Waals surface area contributed by atoms with Crippen LogP contribution in [0.2, 0.25) is 0 Å². The monoisotopic (exact) mass is 425 g/mol. The molecule has 0 aliphatic rings. The van der Waals surface area contributed by atoms with Gasteiger partial charge in [0.15, 0.2) is 0 Å². The molecule has 0 spiro atoms. The Morgan fingerprint density at radius 2 is 1.75 bits per heavy atom. The van der Waals surface area contributed by atoms with Crippen LogP contribution >= 0.6 is 0 Å². The molecule has 1 N–H and O–H groups in total. The van der Waals surface area contributed by atoms with E-state index < -0.39 is 0 Å². The number of hydrogen-bond donors (Lipinski definition) is 1. The fourth-order valence-electron chi connectivity index (χ4n) is 3.66. The third-order valence-electron chi connectivity index (χ3n) is 5.34. The zero-order valence-corrected chi connectivity index (χ0v) is 18.2. The van der Waals surface area contributed by atoms with Crippen LogP contribution in [0.1, 0.15) is 23.4 Å². The number of carbonyl (C=O) groups is 1. The van der Waals surface area contributed by atoms with Crippen molar-refractivity contribution in [2.75, 3.05) is 13.7 Å². The summed E-state index contributed by atoms with van der Waals surface area (Å²) < 4.78 is 7.53. The summed E-state index contributed by atoms with van der Waals surface area (Å²) in [6.45, 7) is 1.34. The fraction of sp³-hybridized carbons (Fsp3) is 0.185. The number of amides is 1. The molecule has 5 heteroatoms. The average molecular weight is 426 g/mol. The average Bonchev–Trinajstić information content (AvgIpc) is 3.19. The smallest absolute Gasteiger partial charge is 0.243 e. The summed E-state index contributed by atoms with van der Waals surface area (Å²) in [4.78, 5) is 16.9. The molecule has 0 atom stereocenters. The molecule has 4 aromatic rings. The molecule has 0 fully saturated rings. The van der Waals surface area contributed by atoms with Crippen molar-refractivity contribution >= 4 is 23.0 Å². The fourth-order valence-corrected chi connectivity index (χ4v) is 3.66. The van der Waals surface area contributed by atoms with E-state index in [1.54, 1.807) is 13.2 Å². The van der Waals surface area contributed by atoms with Gasteiger partial charge >= 0.3 is 0 Å². The van der Waals surface area contributed by atoms with E-state index in [-0.39, 0.29) is 5.91 Å². The highest BCUT2D eigenvalue weighted by molar-refractivity contribution is 5.91. The maximum Gasteiger partial charge on any atom is 0.243 e. The van der Waals surface area contributed by atoms with Gasteiger partial charge in [0.1, 0.15) is 11.6 Å². The van der Waals surface area contributed by atoms with Crippen LogP contribution in [-0.2, 0) is 17.8 Å². The quantitative estimate of drug-likeness (QED) is 0.308. The maximum atomic E-state index is 12.1. The molecule has 0 saturated carbocycles. The van der Waals surface area contributed by atoms with Gasteiger partial charge in [0.2, 0.25) is 5.91 Å². The van der Waals surface area contributed by atoms with Gasteiger partial charge in [0, 0.05) is 25.6 Å². The largest absolute Gasteiger partial charge is 0.497 e. The minimum Gasteiger partial charge on any atom is -0.497 e. The zero-order valence-electron chi connectivity index (χ0n) is 18.2. The summed E-state index contributed by atoms with van der Waals surface area (Å²) in [5.41, 5.74) is 4.31. The highest BCUT2D eigenvalue weighted by atomic mass is 16.5. The number of rotatable bonds is 9. The topological polar surface area (TPSA) is 56.1 Å². The summed E-state index contributed by atoms with van der Waals surface area (Å²) in [6, 6.07) is 26.1. The van der Waals surface area contributed by atoms with Crippen molar-refractivity contribution in [3.05, 3.63) is 102 Å². The van der Waals surface area contributed by atoms with E-state index in [0.717, 1.165) is 47.6 Å². The zero-order chi connectivity index (χ0) is 22.2. The molecular formula is C27H27N3O2.